The highest BCUT2D eigenvalue weighted by Gasteiger charge is 2.14. The van der Waals surface area contributed by atoms with Crippen molar-refractivity contribution in [3.05, 3.63) is 65.9 Å². The van der Waals surface area contributed by atoms with Crippen molar-refractivity contribution in [1.82, 2.24) is 4.98 Å². The predicted octanol–water partition coefficient (Wildman–Crippen LogP) is 6.10. The number of rotatable bonds is 9. The molecule has 0 saturated heterocycles. The average molecular weight is 377 g/mol. The normalized spacial score (nSPS) is 10.9. The Hall–Kier alpha value is -2.88. The van der Waals surface area contributed by atoms with Crippen molar-refractivity contribution in [2.75, 3.05) is 5.32 Å². The second-order valence-corrected chi connectivity index (χ2v) is 7.19. The Morgan fingerprint density at radius 2 is 1.79 bits per heavy atom. The van der Waals surface area contributed by atoms with Gasteiger partial charge in [-0.15, -0.1) is 0 Å². The SMILES string of the molecule is CCCCCCCCc1ccc(O)cc1C(=O)Nc1cccc2cccnc12. The van der Waals surface area contributed by atoms with E-state index in [9.17, 15) is 9.90 Å². The minimum Gasteiger partial charge on any atom is -0.508 e. The number of hydrogen-bond acceptors (Lipinski definition) is 3. The molecule has 0 atom stereocenters. The maximum Gasteiger partial charge on any atom is 0.256 e. The van der Waals surface area contributed by atoms with Crippen LogP contribution < -0.4 is 5.32 Å². The van der Waals surface area contributed by atoms with Crippen LogP contribution in [0.1, 0.15) is 61.4 Å². The number of para-hydroxylation sites is 1. The van der Waals surface area contributed by atoms with Crippen molar-refractivity contribution in [2.24, 2.45) is 0 Å². The van der Waals surface area contributed by atoms with Crippen LogP contribution in [0.2, 0.25) is 0 Å². The molecule has 0 spiro atoms. The number of aromatic hydroxyl groups is 1. The van der Waals surface area contributed by atoms with Gasteiger partial charge in [-0.25, -0.2) is 0 Å². The van der Waals surface area contributed by atoms with Gasteiger partial charge in [0, 0.05) is 17.1 Å². The maximum absolute atomic E-state index is 13.0. The first-order valence-electron chi connectivity index (χ1n) is 10.2. The fourth-order valence-electron chi connectivity index (χ4n) is 3.48. The summed E-state index contributed by atoms with van der Waals surface area (Å²) >= 11 is 0. The van der Waals surface area contributed by atoms with Crippen molar-refractivity contribution in [1.29, 1.82) is 0 Å². The van der Waals surface area contributed by atoms with Gasteiger partial charge in [0.2, 0.25) is 0 Å². The Morgan fingerprint density at radius 3 is 2.64 bits per heavy atom. The van der Waals surface area contributed by atoms with E-state index in [-0.39, 0.29) is 11.7 Å². The summed E-state index contributed by atoms with van der Waals surface area (Å²) in [6.07, 6.45) is 9.79. The number of carbonyl (C=O) groups excluding carboxylic acids is 1. The van der Waals surface area contributed by atoms with E-state index in [2.05, 4.69) is 17.2 Å². The van der Waals surface area contributed by atoms with Gasteiger partial charge < -0.3 is 10.4 Å². The Balaban J connectivity index is 1.72. The van der Waals surface area contributed by atoms with Crippen LogP contribution in [0.4, 0.5) is 5.69 Å². The number of benzene rings is 2. The van der Waals surface area contributed by atoms with Crippen molar-refractivity contribution < 1.29 is 9.90 Å². The van der Waals surface area contributed by atoms with Crippen LogP contribution in [0, 0.1) is 0 Å². The molecule has 0 radical (unpaired) electrons. The van der Waals surface area contributed by atoms with Gasteiger partial charge in [-0.2, -0.15) is 0 Å². The summed E-state index contributed by atoms with van der Waals surface area (Å²) in [6, 6.07) is 14.6. The molecule has 1 heterocycles. The lowest BCUT2D eigenvalue weighted by atomic mass is 9.99. The van der Waals surface area contributed by atoms with Crippen molar-refractivity contribution >= 4 is 22.5 Å². The zero-order valence-corrected chi connectivity index (χ0v) is 16.4. The van der Waals surface area contributed by atoms with Crippen molar-refractivity contribution in [3.63, 3.8) is 0 Å². The number of aryl methyl sites for hydroxylation is 1. The number of nitrogens with zero attached hydrogens (tertiary/aromatic N) is 1. The van der Waals surface area contributed by atoms with Gasteiger partial charge in [-0.3, -0.25) is 9.78 Å². The van der Waals surface area contributed by atoms with Crippen LogP contribution in [0.3, 0.4) is 0 Å². The van der Waals surface area contributed by atoms with E-state index in [0.717, 1.165) is 35.7 Å². The standard InChI is InChI=1S/C24H28N2O2/c1-2-3-4-5-6-7-10-18-14-15-20(27)17-21(18)24(28)26-22-13-8-11-19-12-9-16-25-23(19)22/h8-9,11-17,27H,2-7,10H2,1H3,(H,26,28). The van der Waals surface area contributed by atoms with E-state index in [1.165, 1.54) is 25.7 Å². The molecule has 2 aromatic carbocycles. The van der Waals surface area contributed by atoms with Crippen LogP contribution in [-0.2, 0) is 6.42 Å². The first-order chi connectivity index (χ1) is 13.7. The minimum atomic E-state index is -0.213. The van der Waals surface area contributed by atoms with Gasteiger partial charge in [0.1, 0.15) is 5.75 Å². The molecule has 0 bridgehead atoms. The molecule has 4 nitrogen and oxygen atoms in total. The lowest BCUT2D eigenvalue weighted by Crippen LogP contribution is -2.14. The number of phenolic OH excluding ortho intramolecular Hbond substituents is 1. The Bertz CT molecular complexity index is 932. The van der Waals surface area contributed by atoms with E-state index in [1.54, 1.807) is 18.3 Å². The number of pyridine rings is 1. The fraction of sp³-hybridized carbons (Fsp3) is 0.333. The Kier molecular flexibility index (Phi) is 7.01. The molecule has 1 aromatic heterocycles. The molecule has 4 heteroatoms. The summed E-state index contributed by atoms with van der Waals surface area (Å²) in [4.78, 5) is 17.3. The number of carbonyl (C=O) groups is 1. The van der Waals surface area contributed by atoms with Crippen LogP contribution in [0.15, 0.2) is 54.7 Å². The lowest BCUT2D eigenvalue weighted by molar-refractivity contribution is 0.102. The van der Waals surface area contributed by atoms with Crippen LogP contribution in [-0.4, -0.2) is 16.0 Å². The van der Waals surface area contributed by atoms with E-state index in [1.807, 2.05) is 36.4 Å². The smallest absolute Gasteiger partial charge is 0.256 e. The number of amides is 1. The number of fused-ring (bicyclic) bond motifs is 1. The molecule has 3 aromatic rings. The predicted molar refractivity (Wildman–Crippen MR) is 115 cm³/mol. The highest BCUT2D eigenvalue weighted by molar-refractivity contribution is 6.09. The van der Waals surface area contributed by atoms with E-state index in [4.69, 9.17) is 0 Å². The van der Waals surface area contributed by atoms with Gasteiger partial charge in [-0.1, -0.05) is 63.3 Å². The molecule has 146 valence electrons. The number of anilines is 1. The lowest BCUT2D eigenvalue weighted by Gasteiger charge is -2.12. The van der Waals surface area contributed by atoms with Crippen LogP contribution in [0.25, 0.3) is 10.9 Å². The Morgan fingerprint density at radius 1 is 1.00 bits per heavy atom. The molecule has 3 rings (SSSR count). The third kappa shape index (κ3) is 5.10. The van der Waals surface area contributed by atoms with Gasteiger partial charge in [0.05, 0.1) is 11.2 Å². The number of nitrogens with one attached hydrogen (secondary N) is 1. The molecule has 0 aliphatic rings. The van der Waals surface area contributed by atoms with E-state index in [0.29, 0.717) is 11.3 Å². The largest absolute Gasteiger partial charge is 0.508 e. The number of aromatic nitrogens is 1. The molecule has 0 unspecified atom stereocenters. The number of unbranched alkanes of at least 4 members (excludes halogenated alkanes) is 5. The zero-order chi connectivity index (χ0) is 19.8. The van der Waals surface area contributed by atoms with Crippen molar-refractivity contribution in [2.45, 2.75) is 51.9 Å². The fourth-order valence-corrected chi connectivity index (χ4v) is 3.48. The van der Waals surface area contributed by atoms with Crippen LogP contribution >= 0.6 is 0 Å². The molecule has 0 saturated carbocycles. The first-order valence-corrected chi connectivity index (χ1v) is 10.2. The quantitative estimate of drug-likeness (QED) is 0.444. The minimum absolute atomic E-state index is 0.105. The van der Waals surface area contributed by atoms with Crippen LogP contribution in [0.5, 0.6) is 5.75 Å². The highest BCUT2D eigenvalue weighted by atomic mass is 16.3. The van der Waals surface area contributed by atoms with Gasteiger partial charge in [-0.05, 0) is 42.7 Å². The number of hydrogen-bond donors (Lipinski definition) is 2. The summed E-state index contributed by atoms with van der Waals surface area (Å²) in [6.45, 7) is 2.22. The second-order valence-electron chi connectivity index (χ2n) is 7.19. The Labute approximate surface area is 166 Å². The average Bonchev–Trinajstić information content (AvgIpc) is 2.71. The molecular formula is C24H28N2O2. The summed E-state index contributed by atoms with van der Waals surface area (Å²) < 4.78 is 0. The molecule has 0 aliphatic heterocycles. The van der Waals surface area contributed by atoms with Gasteiger partial charge in [0.15, 0.2) is 0 Å². The second kappa shape index (κ2) is 9.88. The third-order valence-electron chi connectivity index (χ3n) is 5.02. The molecule has 0 aliphatic carbocycles. The zero-order valence-electron chi connectivity index (χ0n) is 16.4. The molecule has 1 amide bonds. The third-order valence-corrected chi connectivity index (χ3v) is 5.02. The summed E-state index contributed by atoms with van der Waals surface area (Å²) in [7, 11) is 0. The van der Waals surface area contributed by atoms with Crippen molar-refractivity contribution in [3.8, 4) is 5.75 Å². The summed E-state index contributed by atoms with van der Waals surface area (Å²) in [5, 5.41) is 13.9. The molecule has 28 heavy (non-hydrogen) atoms. The molecular weight excluding hydrogens is 348 g/mol. The summed E-state index contributed by atoms with van der Waals surface area (Å²) in [5.41, 5.74) is 2.94. The maximum atomic E-state index is 13.0. The molecule has 0 fully saturated rings. The van der Waals surface area contributed by atoms with Gasteiger partial charge >= 0.3 is 0 Å². The topological polar surface area (TPSA) is 62.2 Å². The number of phenols is 1. The molecule has 2 N–H and O–H groups in total. The highest BCUT2D eigenvalue weighted by Crippen LogP contribution is 2.24. The monoisotopic (exact) mass is 376 g/mol. The summed E-state index contributed by atoms with van der Waals surface area (Å²) in [5.74, 6) is -0.108. The van der Waals surface area contributed by atoms with Gasteiger partial charge in [0.25, 0.3) is 5.91 Å². The first kappa shape index (κ1) is 19.9. The van der Waals surface area contributed by atoms with E-state index >= 15 is 0 Å². The van der Waals surface area contributed by atoms with E-state index < -0.39 is 0 Å².